The Hall–Kier alpha value is -5.04. The number of carbonyl (C=O) groups excluding carboxylic acids is 2. The summed E-state index contributed by atoms with van der Waals surface area (Å²) in [6.45, 7) is 3.12. The van der Waals surface area contributed by atoms with Gasteiger partial charge >= 0.3 is 5.97 Å². The molecule has 0 saturated carbocycles. The van der Waals surface area contributed by atoms with Crippen LogP contribution in [0.5, 0.6) is 0 Å². The third kappa shape index (κ3) is 6.27. The molecule has 200 valence electrons. The molecule has 0 aliphatic rings. The van der Waals surface area contributed by atoms with Crippen LogP contribution < -0.4 is 15.6 Å². The summed E-state index contributed by atoms with van der Waals surface area (Å²) in [4.78, 5) is 50.3. The molecule has 13 heteroatoms. The van der Waals surface area contributed by atoms with Gasteiger partial charge in [-0.3, -0.25) is 24.4 Å². The number of H-pyrrole nitrogens is 1. The standard InChI is InChI=1S/C26H22N4O8S/c1-15-4-3-5-18(12-15)29-39(36,37)20-10-11-23-21(13-20)22(14-24(31)28-23)26(33)38-16(2)25(32)27-17-6-8-19(9-7-17)30(34)35/h3-14,16,29H,1-2H3,(H,27,32)(H,28,31)/t16-/m0/s1. The van der Waals surface area contributed by atoms with Gasteiger partial charge in [0.2, 0.25) is 5.56 Å². The minimum Gasteiger partial charge on any atom is -0.449 e. The number of pyridine rings is 1. The molecule has 0 aliphatic carbocycles. The molecular weight excluding hydrogens is 528 g/mol. The molecule has 4 aromatic rings. The van der Waals surface area contributed by atoms with E-state index in [2.05, 4.69) is 15.0 Å². The molecule has 3 aromatic carbocycles. The Kier molecular flexibility index (Phi) is 7.44. The predicted octanol–water partition coefficient (Wildman–Crippen LogP) is 3.73. The molecule has 3 N–H and O–H groups in total. The first kappa shape index (κ1) is 27.0. The summed E-state index contributed by atoms with van der Waals surface area (Å²) < 4.78 is 33.8. The van der Waals surface area contributed by atoms with Crippen LogP contribution in [0.3, 0.4) is 0 Å². The van der Waals surface area contributed by atoms with Crippen molar-refractivity contribution in [3.63, 3.8) is 0 Å². The minimum absolute atomic E-state index is 0.0923. The van der Waals surface area contributed by atoms with Gasteiger partial charge in [-0.25, -0.2) is 13.2 Å². The number of benzene rings is 3. The molecule has 1 heterocycles. The molecule has 0 radical (unpaired) electrons. The van der Waals surface area contributed by atoms with Crippen LogP contribution in [0.1, 0.15) is 22.8 Å². The number of amides is 1. The van der Waals surface area contributed by atoms with Gasteiger partial charge in [-0.1, -0.05) is 12.1 Å². The number of hydrogen-bond acceptors (Lipinski definition) is 8. The molecule has 4 rings (SSSR count). The van der Waals surface area contributed by atoms with Crippen LogP contribution in [0.2, 0.25) is 0 Å². The number of aromatic nitrogens is 1. The number of sulfonamides is 1. The summed E-state index contributed by atoms with van der Waals surface area (Å²) in [5, 5.41) is 13.4. The molecule has 1 amide bonds. The smallest absolute Gasteiger partial charge is 0.339 e. The average Bonchev–Trinajstić information content (AvgIpc) is 2.87. The van der Waals surface area contributed by atoms with Crippen molar-refractivity contribution in [3.8, 4) is 0 Å². The number of rotatable bonds is 8. The highest BCUT2D eigenvalue weighted by atomic mass is 32.2. The van der Waals surface area contributed by atoms with Crippen LogP contribution in [-0.2, 0) is 19.6 Å². The summed E-state index contributed by atoms with van der Waals surface area (Å²) in [6, 6.07) is 16.6. The highest BCUT2D eigenvalue weighted by Gasteiger charge is 2.23. The minimum atomic E-state index is -4.05. The Labute approximate surface area is 221 Å². The maximum absolute atomic E-state index is 13.0. The quantitative estimate of drug-likeness (QED) is 0.169. The fourth-order valence-electron chi connectivity index (χ4n) is 3.68. The Bertz CT molecular complexity index is 1770. The Morgan fingerprint density at radius 1 is 1.00 bits per heavy atom. The lowest BCUT2D eigenvalue weighted by molar-refractivity contribution is -0.384. The number of nitro groups is 1. The molecule has 1 aromatic heterocycles. The zero-order valence-corrected chi connectivity index (χ0v) is 21.4. The predicted molar refractivity (Wildman–Crippen MR) is 143 cm³/mol. The Balaban J connectivity index is 1.57. The van der Waals surface area contributed by atoms with Gasteiger partial charge in [-0.15, -0.1) is 0 Å². The van der Waals surface area contributed by atoms with Crippen LogP contribution in [0.25, 0.3) is 10.9 Å². The molecule has 39 heavy (non-hydrogen) atoms. The van der Waals surface area contributed by atoms with Gasteiger partial charge in [0, 0.05) is 40.5 Å². The Morgan fingerprint density at radius 2 is 1.72 bits per heavy atom. The average molecular weight is 551 g/mol. The summed E-state index contributed by atoms with van der Waals surface area (Å²) >= 11 is 0. The molecule has 12 nitrogen and oxygen atoms in total. The number of carbonyl (C=O) groups is 2. The van der Waals surface area contributed by atoms with Crippen LogP contribution >= 0.6 is 0 Å². The molecule has 0 fully saturated rings. The molecular formula is C26H22N4O8S. The second kappa shape index (κ2) is 10.8. The normalized spacial score (nSPS) is 11.9. The third-order valence-corrected chi connectivity index (χ3v) is 6.99. The second-order valence-corrected chi connectivity index (χ2v) is 10.3. The van der Waals surface area contributed by atoms with Crippen molar-refractivity contribution < 1.29 is 27.7 Å². The summed E-state index contributed by atoms with van der Waals surface area (Å²) in [6.07, 6.45) is -1.32. The number of nitro benzene ring substituents is 1. The van der Waals surface area contributed by atoms with E-state index >= 15 is 0 Å². The van der Waals surface area contributed by atoms with E-state index in [9.17, 15) is 32.9 Å². The summed E-state index contributed by atoms with van der Waals surface area (Å²) in [5.41, 5.74) is 0.594. The van der Waals surface area contributed by atoms with Crippen molar-refractivity contribution in [1.82, 2.24) is 4.98 Å². The molecule has 1 atom stereocenters. The van der Waals surface area contributed by atoms with E-state index in [0.717, 1.165) is 11.6 Å². The zero-order chi connectivity index (χ0) is 28.3. The maximum Gasteiger partial charge on any atom is 0.339 e. The number of ether oxygens (including phenoxy) is 1. The fraction of sp³-hybridized carbons (Fsp3) is 0.115. The molecule has 0 unspecified atom stereocenters. The van der Waals surface area contributed by atoms with Gasteiger partial charge in [0.15, 0.2) is 6.10 Å². The number of non-ortho nitro benzene ring substituents is 1. The molecule has 0 saturated heterocycles. The van der Waals surface area contributed by atoms with E-state index < -0.39 is 38.5 Å². The number of aryl methyl sites for hydroxylation is 1. The lowest BCUT2D eigenvalue weighted by Crippen LogP contribution is -2.30. The van der Waals surface area contributed by atoms with Crippen molar-refractivity contribution in [2.45, 2.75) is 24.8 Å². The van der Waals surface area contributed by atoms with Gasteiger partial charge in [0.25, 0.3) is 21.6 Å². The fourth-order valence-corrected chi connectivity index (χ4v) is 4.75. The van der Waals surface area contributed by atoms with Crippen molar-refractivity contribution in [3.05, 3.63) is 104 Å². The van der Waals surface area contributed by atoms with E-state index in [1.807, 2.05) is 13.0 Å². The first-order chi connectivity index (χ1) is 18.4. The van der Waals surface area contributed by atoms with Crippen molar-refractivity contribution in [2.24, 2.45) is 0 Å². The van der Waals surface area contributed by atoms with E-state index in [-0.39, 0.29) is 32.7 Å². The number of nitrogens with zero attached hydrogens (tertiary/aromatic N) is 1. The van der Waals surface area contributed by atoms with Gasteiger partial charge in [-0.2, -0.15) is 0 Å². The lowest BCUT2D eigenvalue weighted by Gasteiger charge is -2.15. The van der Waals surface area contributed by atoms with Crippen molar-refractivity contribution in [2.75, 3.05) is 10.0 Å². The number of esters is 1. The van der Waals surface area contributed by atoms with Crippen molar-refractivity contribution in [1.29, 1.82) is 0 Å². The monoisotopic (exact) mass is 550 g/mol. The maximum atomic E-state index is 13.0. The molecule has 0 spiro atoms. The van der Waals surface area contributed by atoms with Crippen molar-refractivity contribution >= 4 is 49.9 Å². The topological polar surface area (TPSA) is 178 Å². The van der Waals surface area contributed by atoms with E-state index in [4.69, 9.17) is 4.74 Å². The number of hydrogen-bond donors (Lipinski definition) is 3. The molecule has 0 aliphatic heterocycles. The molecule has 0 bridgehead atoms. The SMILES string of the molecule is Cc1cccc(NS(=O)(=O)c2ccc3[nH]c(=O)cc(C(=O)O[C@@H](C)C(=O)Nc4ccc([N+](=O)[O-])cc4)c3c2)c1. The number of aromatic amines is 1. The first-order valence-corrected chi connectivity index (χ1v) is 12.9. The van der Waals surface area contributed by atoms with Crippen LogP contribution in [0.4, 0.5) is 17.1 Å². The van der Waals surface area contributed by atoms with Crippen LogP contribution in [-0.4, -0.2) is 36.3 Å². The Morgan fingerprint density at radius 3 is 2.38 bits per heavy atom. The number of nitrogens with one attached hydrogen (secondary N) is 3. The number of fused-ring (bicyclic) bond motifs is 1. The van der Waals surface area contributed by atoms with E-state index in [1.54, 1.807) is 18.2 Å². The van der Waals surface area contributed by atoms with Gasteiger partial charge < -0.3 is 15.0 Å². The highest BCUT2D eigenvalue weighted by molar-refractivity contribution is 7.92. The van der Waals surface area contributed by atoms with Crippen LogP contribution in [0.15, 0.2) is 82.5 Å². The second-order valence-electron chi connectivity index (χ2n) is 8.57. The van der Waals surface area contributed by atoms with Gasteiger partial charge in [-0.05, 0) is 61.9 Å². The largest absolute Gasteiger partial charge is 0.449 e. The lowest BCUT2D eigenvalue weighted by atomic mass is 10.1. The van der Waals surface area contributed by atoms with Gasteiger partial charge in [0.1, 0.15) is 0 Å². The first-order valence-electron chi connectivity index (χ1n) is 11.5. The summed E-state index contributed by atoms with van der Waals surface area (Å²) in [7, 11) is -4.05. The van der Waals surface area contributed by atoms with E-state index in [0.29, 0.717) is 5.69 Å². The van der Waals surface area contributed by atoms with E-state index in [1.165, 1.54) is 49.4 Å². The van der Waals surface area contributed by atoms with Gasteiger partial charge in [0.05, 0.1) is 15.4 Å². The summed E-state index contributed by atoms with van der Waals surface area (Å²) in [5.74, 6) is -1.75. The zero-order valence-electron chi connectivity index (χ0n) is 20.6. The van der Waals surface area contributed by atoms with Crippen LogP contribution in [0, 0.1) is 17.0 Å². The highest BCUT2D eigenvalue weighted by Crippen LogP contribution is 2.24. The number of anilines is 2. The third-order valence-electron chi connectivity index (χ3n) is 5.61.